The fraction of sp³-hybridized carbons (Fsp3) is 0.632. The van der Waals surface area contributed by atoms with E-state index in [9.17, 15) is 33.9 Å². The zero-order chi connectivity index (χ0) is 27.8. The molecular formula is C19H34N8O8S. The van der Waals surface area contributed by atoms with Crippen molar-refractivity contribution in [3.63, 3.8) is 0 Å². The highest BCUT2D eigenvalue weighted by Gasteiger charge is 2.30. The van der Waals surface area contributed by atoms with Gasteiger partial charge >= 0.3 is 11.9 Å². The molecular weight excluding hydrogens is 500 g/mol. The molecule has 0 saturated heterocycles. The molecule has 0 bridgehead atoms. The van der Waals surface area contributed by atoms with E-state index >= 15 is 0 Å². The Bertz CT molecular complexity index is 836. The molecule has 4 atom stereocenters. The van der Waals surface area contributed by atoms with E-state index in [0.717, 1.165) is 0 Å². The first-order valence-electron chi connectivity index (χ1n) is 10.8. The number of carbonyl (C=O) groups is 6. The van der Waals surface area contributed by atoms with Crippen LogP contribution in [0, 0.1) is 0 Å². The summed E-state index contributed by atoms with van der Waals surface area (Å²) in [6.07, 6.45) is -0.817. The van der Waals surface area contributed by atoms with Crippen LogP contribution < -0.4 is 38.9 Å². The lowest BCUT2D eigenvalue weighted by molar-refractivity contribution is -0.143. The molecule has 16 nitrogen and oxygen atoms in total. The number of hydrogen-bond donors (Lipinski definition) is 10. The van der Waals surface area contributed by atoms with Crippen LogP contribution in [0.5, 0.6) is 0 Å². The van der Waals surface area contributed by atoms with Crippen LogP contribution in [-0.2, 0) is 28.8 Å². The summed E-state index contributed by atoms with van der Waals surface area (Å²) in [5, 5.41) is 24.8. The summed E-state index contributed by atoms with van der Waals surface area (Å²) >= 11 is 3.98. The van der Waals surface area contributed by atoms with Crippen LogP contribution in [0.15, 0.2) is 4.99 Å². The highest BCUT2D eigenvalue weighted by molar-refractivity contribution is 7.80. The van der Waals surface area contributed by atoms with Crippen molar-refractivity contribution in [2.45, 2.75) is 62.7 Å². The lowest BCUT2D eigenvalue weighted by atomic mass is 10.1. The van der Waals surface area contributed by atoms with Crippen molar-refractivity contribution in [3.05, 3.63) is 0 Å². The number of nitrogens with one attached hydrogen (secondary N) is 3. The third-order valence-corrected chi connectivity index (χ3v) is 5.06. The number of amides is 4. The number of rotatable bonds is 18. The number of carboxylic acid groups (broad SMARTS) is 2. The highest BCUT2D eigenvalue weighted by Crippen LogP contribution is 2.04. The van der Waals surface area contributed by atoms with Crippen LogP contribution in [0.2, 0.25) is 0 Å². The smallest absolute Gasteiger partial charge is 0.326 e. The second-order valence-corrected chi connectivity index (χ2v) is 8.06. The monoisotopic (exact) mass is 534 g/mol. The fourth-order valence-electron chi connectivity index (χ4n) is 2.75. The Hall–Kier alpha value is -3.60. The summed E-state index contributed by atoms with van der Waals surface area (Å²) in [6, 6.07) is -5.19. The minimum absolute atomic E-state index is 0.115. The molecule has 204 valence electrons. The molecule has 0 fully saturated rings. The highest BCUT2D eigenvalue weighted by atomic mass is 32.1. The lowest BCUT2D eigenvalue weighted by Gasteiger charge is -2.24. The topological polar surface area (TPSA) is 295 Å². The molecule has 0 aromatic heterocycles. The predicted molar refractivity (Wildman–Crippen MR) is 130 cm³/mol. The summed E-state index contributed by atoms with van der Waals surface area (Å²) in [4.78, 5) is 74.7. The molecule has 0 aromatic rings. The van der Waals surface area contributed by atoms with Crippen molar-refractivity contribution < 1.29 is 39.0 Å². The summed E-state index contributed by atoms with van der Waals surface area (Å²) < 4.78 is 0. The summed E-state index contributed by atoms with van der Waals surface area (Å²) in [5.41, 5.74) is 21.4. The van der Waals surface area contributed by atoms with E-state index in [2.05, 4.69) is 33.6 Å². The zero-order valence-electron chi connectivity index (χ0n) is 19.5. The Balaban J connectivity index is 5.25. The minimum atomic E-state index is -1.52. The fourth-order valence-corrected chi connectivity index (χ4v) is 3.01. The van der Waals surface area contributed by atoms with Gasteiger partial charge in [-0.1, -0.05) is 0 Å². The van der Waals surface area contributed by atoms with Crippen molar-refractivity contribution in [1.82, 2.24) is 16.0 Å². The van der Waals surface area contributed by atoms with Crippen molar-refractivity contribution in [3.8, 4) is 0 Å². The van der Waals surface area contributed by atoms with Crippen LogP contribution in [0.3, 0.4) is 0 Å². The van der Waals surface area contributed by atoms with Gasteiger partial charge in [0.1, 0.15) is 18.1 Å². The molecule has 0 spiro atoms. The number of guanidine groups is 1. The second-order valence-electron chi connectivity index (χ2n) is 7.70. The molecule has 0 rings (SSSR count). The summed E-state index contributed by atoms with van der Waals surface area (Å²) in [7, 11) is 0. The first-order chi connectivity index (χ1) is 16.8. The predicted octanol–water partition coefficient (Wildman–Crippen LogP) is -4.03. The third kappa shape index (κ3) is 14.0. The third-order valence-electron chi connectivity index (χ3n) is 4.69. The van der Waals surface area contributed by atoms with E-state index in [4.69, 9.17) is 28.0 Å². The molecule has 0 saturated carbocycles. The summed E-state index contributed by atoms with van der Waals surface area (Å²) in [5.74, 6) is -6.35. The quantitative estimate of drug-likeness (QED) is 0.0349. The normalized spacial score (nSPS) is 13.8. The molecule has 0 aliphatic heterocycles. The van der Waals surface area contributed by atoms with Crippen LogP contribution >= 0.6 is 12.6 Å². The number of primary amides is 1. The van der Waals surface area contributed by atoms with Gasteiger partial charge in [-0.25, -0.2) is 4.79 Å². The van der Waals surface area contributed by atoms with Crippen LogP contribution in [0.4, 0.5) is 0 Å². The number of thiol groups is 1. The van der Waals surface area contributed by atoms with E-state index in [-0.39, 0.29) is 43.9 Å². The largest absolute Gasteiger partial charge is 0.481 e. The molecule has 0 aliphatic rings. The summed E-state index contributed by atoms with van der Waals surface area (Å²) in [6.45, 7) is 0.234. The van der Waals surface area contributed by atoms with E-state index in [1.54, 1.807) is 0 Å². The van der Waals surface area contributed by atoms with E-state index < -0.39 is 66.2 Å². The second kappa shape index (κ2) is 16.9. The first kappa shape index (κ1) is 32.4. The van der Waals surface area contributed by atoms with Crippen molar-refractivity contribution >= 4 is 54.2 Å². The molecule has 0 aromatic carbocycles. The standard InChI is InChI=1S/C19H34N8O8S/c20-9(2-1-7-24-19(22)23)15(31)25-10(3-5-13(21)28)16(32)27-12(8-36)17(33)26-11(18(34)35)4-6-14(29)30/h9-12,36H,1-8,20H2,(H2,21,28)(H,25,31)(H,26,33)(H,27,32)(H,29,30)(H,34,35)(H4,22,23,24). The Labute approximate surface area is 212 Å². The molecule has 0 radical (unpaired) electrons. The van der Waals surface area contributed by atoms with Crippen LogP contribution in [-0.4, -0.2) is 88.2 Å². The SMILES string of the molecule is NC(=O)CCC(NC(=O)C(N)CCCN=C(N)N)C(=O)NC(CS)C(=O)NC(CCC(=O)O)C(=O)O. The van der Waals surface area contributed by atoms with Gasteiger partial charge < -0.3 is 49.1 Å². The van der Waals surface area contributed by atoms with Crippen molar-refractivity contribution in [2.75, 3.05) is 12.3 Å². The van der Waals surface area contributed by atoms with Gasteiger partial charge in [-0.3, -0.25) is 29.0 Å². The minimum Gasteiger partial charge on any atom is -0.481 e. The average molecular weight is 535 g/mol. The van der Waals surface area contributed by atoms with Crippen LogP contribution in [0.25, 0.3) is 0 Å². The van der Waals surface area contributed by atoms with Gasteiger partial charge in [0.25, 0.3) is 0 Å². The van der Waals surface area contributed by atoms with Crippen molar-refractivity contribution in [1.29, 1.82) is 0 Å². The van der Waals surface area contributed by atoms with Gasteiger partial charge in [0.05, 0.1) is 6.04 Å². The van der Waals surface area contributed by atoms with Gasteiger partial charge in [0, 0.05) is 25.1 Å². The molecule has 17 heteroatoms. The molecule has 4 amide bonds. The average Bonchev–Trinajstić information content (AvgIpc) is 2.79. The Morgan fingerprint density at radius 3 is 1.81 bits per heavy atom. The number of aliphatic imine (C=N–C) groups is 1. The van der Waals surface area contributed by atoms with Crippen LogP contribution in [0.1, 0.15) is 38.5 Å². The van der Waals surface area contributed by atoms with E-state index in [1.807, 2.05) is 0 Å². The van der Waals surface area contributed by atoms with E-state index in [1.165, 1.54) is 0 Å². The number of hydrogen-bond acceptors (Lipinski definition) is 9. The Morgan fingerprint density at radius 2 is 1.31 bits per heavy atom. The van der Waals surface area contributed by atoms with Crippen molar-refractivity contribution in [2.24, 2.45) is 27.9 Å². The number of nitrogens with zero attached hydrogens (tertiary/aromatic N) is 1. The number of aliphatic carboxylic acids is 2. The van der Waals surface area contributed by atoms with Gasteiger partial charge in [-0.15, -0.1) is 0 Å². The maximum absolute atomic E-state index is 12.8. The van der Waals surface area contributed by atoms with Gasteiger partial charge in [-0.05, 0) is 25.7 Å². The number of carbonyl (C=O) groups excluding carboxylic acids is 4. The Morgan fingerprint density at radius 1 is 0.778 bits per heavy atom. The molecule has 36 heavy (non-hydrogen) atoms. The lowest BCUT2D eigenvalue weighted by Crippen LogP contribution is -2.57. The zero-order valence-corrected chi connectivity index (χ0v) is 20.4. The van der Waals surface area contributed by atoms with Gasteiger partial charge in [-0.2, -0.15) is 12.6 Å². The number of carboxylic acids is 2. The first-order valence-corrected chi connectivity index (χ1v) is 11.5. The molecule has 0 aliphatic carbocycles. The maximum atomic E-state index is 12.8. The maximum Gasteiger partial charge on any atom is 0.326 e. The molecule has 4 unspecified atom stereocenters. The molecule has 13 N–H and O–H groups in total. The molecule has 0 heterocycles. The van der Waals surface area contributed by atoms with Gasteiger partial charge in [0.15, 0.2) is 5.96 Å². The van der Waals surface area contributed by atoms with E-state index in [0.29, 0.717) is 6.42 Å². The van der Waals surface area contributed by atoms with Gasteiger partial charge in [0.2, 0.25) is 23.6 Å². The number of nitrogens with two attached hydrogens (primary N) is 4. The Kier molecular flexibility index (Phi) is 15.2.